The predicted octanol–water partition coefficient (Wildman–Crippen LogP) is 4.12. The number of halogens is 2. The summed E-state index contributed by atoms with van der Waals surface area (Å²) in [4.78, 5) is 36.1. The maximum Gasteiger partial charge on any atom is 0.273 e. The number of aromatic nitrogens is 1. The van der Waals surface area contributed by atoms with Gasteiger partial charge in [0.1, 0.15) is 11.5 Å². The maximum atomic E-state index is 14.1. The van der Waals surface area contributed by atoms with Crippen LogP contribution in [0.1, 0.15) is 57.5 Å². The molecule has 172 valence electrons. The first-order valence-electron chi connectivity index (χ1n) is 11.0. The monoisotopic (exact) mass is 478 g/mol. The minimum absolute atomic E-state index is 0.0242. The number of benzene rings is 1. The zero-order valence-corrected chi connectivity index (χ0v) is 20.0. The van der Waals surface area contributed by atoms with Gasteiger partial charge in [-0.05, 0) is 58.0 Å². The molecule has 6 nitrogen and oxygen atoms in total. The summed E-state index contributed by atoms with van der Waals surface area (Å²) in [6.45, 7) is 3.01. The Hall–Kier alpha value is -2.03. The number of amides is 2. The highest BCUT2D eigenvalue weighted by Gasteiger charge is 2.30. The van der Waals surface area contributed by atoms with E-state index < -0.39 is 5.82 Å². The van der Waals surface area contributed by atoms with E-state index in [1.54, 1.807) is 4.90 Å². The Kier molecular flexibility index (Phi) is 7.12. The lowest BCUT2D eigenvalue weighted by Gasteiger charge is -2.34. The van der Waals surface area contributed by atoms with E-state index in [-0.39, 0.29) is 34.4 Å². The third kappa shape index (κ3) is 4.82. The van der Waals surface area contributed by atoms with Crippen LogP contribution in [0.2, 0.25) is 5.02 Å². The lowest BCUT2D eigenvalue weighted by Crippen LogP contribution is -2.44. The van der Waals surface area contributed by atoms with Gasteiger partial charge in [-0.2, -0.15) is 0 Å². The first-order chi connectivity index (χ1) is 15.3. The Labute approximate surface area is 197 Å². The van der Waals surface area contributed by atoms with Crippen LogP contribution in [0.4, 0.5) is 4.39 Å². The average Bonchev–Trinajstić information content (AvgIpc) is 3.29. The number of nitrogens with zero attached hydrogens (tertiary/aromatic N) is 4. The van der Waals surface area contributed by atoms with E-state index in [2.05, 4.69) is 16.9 Å². The van der Waals surface area contributed by atoms with E-state index in [0.29, 0.717) is 18.8 Å². The van der Waals surface area contributed by atoms with Crippen molar-refractivity contribution in [2.45, 2.75) is 37.6 Å². The molecular formula is C23H28ClFN4O2S. The largest absolute Gasteiger partial charge is 0.338 e. The van der Waals surface area contributed by atoms with E-state index in [9.17, 15) is 14.0 Å². The van der Waals surface area contributed by atoms with Crippen molar-refractivity contribution in [3.63, 3.8) is 0 Å². The quantitative estimate of drug-likeness (QED) is 0.663. The molecule has 0 bridgehead atoms. The van der Waals surface area contributed by atoms with Gasteiger partial charge < -0.3 is 14.7 Å². The van der Waals surface area contributed by atoms with E-state index in [1.165, 1.54) is 29.5 Å². The lowest BCUT2D eigenvalue weighted by atomic mass is 9.97. The molecule has 4 rings (SSSR count). The fourth-order valence-corrected chi connectivity index (χ4v) is 5.70. The first kappa shape index (κ1) is 23.1. The third-order valence-corrected chi connectivity index (χ3v) is 7.93. The number of hydrogen-bond donors (Lipinski definition) is 0. The molecule has 2 aliphatic heterocycles. The van der Waals surface area contributed by atoms with E-state index in [1.807, 2.05) is 17.3 Å². The Balaban J connectivity index is 1.36. The van der Waals surface area contributed by atoms with Crippen molar-refractivity contribution in [3.8, 4) is 0 Å². The molecule has 1 aromatic carbocycles. The average molecular weight is 479 g/mol. The first-order valence-corrected chi connectivity index (χ1v) is 12.2. The fraction of sp³-hybridized carbons (Fsp3) is 0.522. The van der Waals surface area contributed by atoms with Crippen molar-refractivity contribution >= 4 is 34.8 Å². The molecule has 2 saturated heterocycles. The van der Waals surface area contributed by atoms with Crippen molar-refractivity contribution < 1.29 is 14.0 Å². The smallest absolute Gasteiger partial charge is 0.273 e. The van der Waals surface area contributed by atoms with Crippen LogP contribution in [0, 0.1) is 5.82 Å². The highest BCUT2D eigenvalue weighted by molar-refractivity contribution is 7.09. The van der Waals surface area contributed by atoms with E-state index in [4.69, 9.17) is 11.6 Å². The molecule has 0 aliphatic carbocycles. The van der Waals surface area contributed by atoms with Gasteiger partial charge in [-0.3, -0.25) is 9.59 Å². The van der Waals surface area contributed by atoms with Crippen LogP contribution < -0.4 is 0 Å². The summed E-state index contributed by atoms with van der Waals surface area (Å²) in [6, 6.07) is 4.53. The Bertz CT molecular complexity index is 964. The molecule has 2 aliphatic rings. The fourth-order valence-electron chi connectivity index (χ4n) is 4.49. The number of piperidine rings is 2. The highest BCUT2D eigenvalue weighted by atomic mass is 35.5. The second-order valence-electron chi connectivity index (χ2n) is 8.68. The summed E-state index contributed by atoms with van der Waals surface area (Å²) in [5, 5.41) is 2.91. The number of carbonyl (C=O) groups is 2. The van der Waals surface area contributed by atoms with E-state index >= 15 is 0 Å². The van der Waals surface area contributed by atoms with Crippen molar-refractivity contribution in [1.29, 1.82) is 0 Å². The second kappa shape index (κ2) is 9.85. The third-order valence-electron chi connectivity index (χ3n) is 6.61. The van der Waals surface area contributed by atoms with Crippen LogP contribution in [-0.2, 0) is 0 Å². The molecule has 0 N–H and O–H groups in total. The molecule has 0 atom stereocenters. The Morgan fingerprint density at radius 3 is 2.50 bits per heavy atom. The molecule has 2 amide bonds. The number of likely N-dealkylation sites (tertiary alicyclic amines) is 2. The minimum Gasteiger partial charge on any atom is -0.338 e. The van der Waals surface area contributed by atoms with Crippen LogP contribution in [0.3, 0.4) is 0 Å². The standard InChI is InChI=1S/C23H28ClFN4O2S/c1-27-10-8-16(9-11-27)28(2)22(30)19-14-32-21(26-19)15-6-12-29(13-7-15)23(31)20-17(24)4-3-5-18(20)25/h3-5,14-16H,6-13H2,1-2H3. The molecule has 0 spiro atoms. The van der Waals surface area contributed by atoms with Crippen molar-refractivity contribution in [2.75, 3.05) is 40.3 Å². The van der Waals surface area contributed by atoms with Gasteiger partial charge in [-0.1, -0.05) is 17.7 Å². The summed E-state index contributed by atoms with van der Waals surface area (Å²) in [5.74, 6) is -0.804. The summed E-state index contributed by atoms with van der Waals surface area (Å²) >= 11 is 7.56. The van der Waals surface area contributed by atoms with Gasteiger partial charge in [-0.15, -0.1) is 11.3 Å². The molecule has 1 aromatic heterocycles. The molecule has 0 radical (unpaired) electrons. The number of rotatable bonds is 4. The summed E-state index contributed by atoms with van der Waals surface area (Å²) in [6.07, 6.45) is 3.41. The molecule has 0 saturated carbocycles. The predicted molar refractivity (Wildman–Crippen MR) is 124 cm³/mol. The Morgan fingerprint density at radius 1 is 1.16 bits per heavy atom. The summed E-state index contributed by atoms with van der Waals surface area (Å²) in [5.41, 5.74) is 0.440. The van der Waals surface area contributed by atoms with Crippen LogP contribution in [-0.4, -0.2) is 77.8 Å². The summed E-state index contributed by atoms with van der Waals surface area (Å²) in [7, 11) is 3.98. The topological polar surface area (TPSA) is 56.8 Å². The second-order valence-corrected chi connectivity index (χ2v) is 9.98. The SMILES string of the molecule is CN1CCC(N(C)C(=O)c2csc(C3CCN(C(=O)c4c(F)cccc4Cl)CC3)n2)CC1. The van der Waals surface area contributed by atoms with Crippen LogP contribution in [0.5, 0.6) is 0 Å². The lowest BCUT2D eigenvalue weighted by molar-refractivity contribution is 0.0654. The van der Waals surface area contributed by atoms with Crippen molar-refractivity contribution in [2.24, 2.45) is 0 Å². The minimum atomic E-state index is -0.596. The maximum absolute atomic E-state index is 14.1. The van der Waals surface area contributed by atoms with Gasteiger partial charge >= 0.3 is 0 Å². The van der Waals surface area contributed by atoms with Crippen molar-refractivity contribution in [3.05, 3.63) is 50.7 Å². The van der Waals surface area contributed by atoms with Gasteiger partial charge in [0, 0.05) is 37.5 Å². The van der Waals surface area contributed by atoms with Crippen LogP contribution >= 0.6 is 22.9 Å². The van der Waals surface area contributed by atoms with Gasteiger partial charge in [0.05, 0.1) is 15.6 Å². The molecule has 2 fully saturated rings. The van der Waals surface area contributed by atoms with Crippen LogP contribution in [0.15, 0.2) is 23.6 Å². The zero-order chi connectivity index (χ0) is 22.8. The molecule has 32 heavy (non-hydrogen) atoms. The van der Waals surface area contributed by atoms with Crippen molar-refractivity contribution in [1.82, 2.24) is 19.7 Å². The molecule has 2 aromatic rings. The normalized spacial score (nSPS) is 18.7. The number of hydrogen-bond acceptors (Lipinski definition) is 5. The molecular weight excluding hydrogens is 451 g/mol. The zero-order valence-electron chi connectivity index (χ0n) is 18.4. The molecule has 3 heterocycles. The van der Waals surface area contributed by atoms with E-state index in [0.717, 1.165) is 43.8 Å². The highest BCUT2D eigenvalue weighted by Crippen LogP contribution is 2.32. The molecule has 0 unspecified atom stereocenters. The Morgan fingerprint density at radius 2 is 1.84 bits per heavy atom. The van der Waals surface area contributed by atoms with Gasteiger partial charge in [0.2, 0.25) is 0 Å². The number of carbonyl (C=O) groups excluding carboxylic acids is 2. The summed E-state index contributed by atoms with van der Waals surface area (Å²) < 4.78 is 14.1. The van der Waals surface area contributed by atoms with Gasteiger partial charge in [-0.25, -0.2) is 9.37 Å². The van der Waals surface area contributed by atoms with Gasteiger partial charge in [0.15, 0.2) is 0 Å². The van der Waals surface area contributed by atoms with Gasteiger partial charge in [0.25, 0.3) is 11.8 Å². The number of thiazole rings is 1. The van der Waals surface area contributed by atoms with Crippen LogP contribution in [0.25, 0.3) is 0 Å². The molecule has 9 heteroatoms.